The molecule has 4 atom stereocenters. The van der Waals surface area contributed by atoms with E-state index in [1.807, 2.05) is 13.8 Å². The highest BCUT2D eigenvalue weighted by Gasteiger charge is 2.36. The SMILES string of the molecule is CCCCCC(=O)Oc1ccc(C(C(C)C(C)OC(=O)C(C)C)[C@H](N)C(=O)O)cc1OC(=O)CCCCC. The van der Waals surface area contributed by atoms with E-state index in [2.05, 4.69) is 0 Å². The third-order valence-corrected chi connectivity index (χ3v) is 6.52. The lowest BCUT2D eigenvalue weighted by Crippen LogP contribution is -2.43. The number of hydrogen-bond donors (Lipinski definition) is 2. The maximum atomic E-state index is 12.5. The summed E-state index contributed by atoms with van der Waals surface area (Å²) in [5, 5.41) is 9.74. The molecule has 0 saturated heterocycles. The molecule has 9 nitrogen and oxygen atoms in total. The first kappa shape index (κ1) is 33.1. The van der Waals surface area contributed by atoms with Crippen molar-refractivity contribution in [3.63, 3.8) is 0 Å². The van der Waals surface area contributed by atoms with Gasteiger partial charge in [-0.3, -0.25) is 19.2 Å². The Morgan fingerprint density at radius 3 is 1.84 bits per heavy atom. The van der Waals surface area contributed by atoms with Crippen LogP contribution in [0, 0.1) is 11.8 Å². The molecule has 0 aliphatic heterocycles. The minimum absolute atomic E-state index is 0.0226. The number of rotatable bonds is 17. The van der Waals surface area contributed by atoms with Crippen LogP contribution in [0.2, 0.25) is 0 Å². The Labute approximate surface area is 226 Å². The van der Waals surface area contributed by atoms with E-state index in [0.29, 0.717) is 18.4 Å². The third kappa shape index (κ3) is 10.8. The fraction of sp³-hybridized carbons (Fsp3) is 0.655. The van der Waals surface area contributed by atoms with Crippen LogP contribution in [0.4, 0.5) is 0 Å². The first-order valence-electron chi connectivity index (χ1n) is 13.7. The largest absolute Gasteiger partial charge is 0.480 e. The van der Waals surface area contributed by atoms with Gasteiger partial charge in [0.15, 0.2) is 11.5 Å². The van der Waals surface area contributed by atoms with E-state index in [4.69, 9.17) is 19.9 Å². The lowest BCUT2D eigenvalue weighted by atomic mass is 9.79. The molecule has 0 saturated carbocycles. The van der Waals surface area contributed by atoms with Gasteiger partial charge >= 0.3 is 23.9 Å². The third-order valence-electron chi connectivity index (χ3n) is 6.52. The highest BCUT2D eigenvalue weighted by Crippen LogP contribution is 2.37. The van der Waals surface area contributed by atoms with Gasteiger partial charge in [0.2, 0.25) is 0 Å². The lowest BCUT2D eigenvalue weighted by Gasteiger charge is -2.32. The van der Waals surface area contributed by atoms with E-state index in [0.717, 1.165) is 25.7 Å². The quantitative estimate of drug-likeness (QED) is 0.153. The second kappa shape index (κ2) is 16.8. The molecule has 3 N–H and O–H groups in total. The van der Waals surface area contributed by atoms with Crippen molar-refractivity contribution in [3.8, 4) is 11.5 Å². The molecule has 9 heteroatoms. The highest BCUT2D eigenvalue weighted by atomic mass is 16.6. The Kier molecular flexibility index (Phi) is 14.6. The normalized spacial score (nSPS) is 14.3. The first-order chi connectivity index (χ1) is 17.9. The molecule has 1 rings (SSSR count). The summed E-state index contributed by atoms with van der Waals surface area (Å²) >= 11 is 0. The number of carboxylic acid groups (broad SMARTS) is 1. The number of unbranched alkanes of at least 4 members (excludes halogenated alkanes) is 4. The molecule has 0 radical (unpaired) electrons. The van der Waals surface area contributed by atoms with Gasteiger partial charge in [-0.25, -0.2) is 0 Å². The zero-order valence-electron chi connectivity index (χ0n) is 23.7. The van der Waals surface area contributed by atoms with Crippen molar-refractivity contribution in [3.05, 3.63) is 23.8 Å². The number of hydrogen-bond acceptors (Lipinski definition) is 8. The van der Waals surface area contributed by atoms with Crippen molar-refractivity contribution in [2.45, 2.75) is 111 Å². The van der Waals surface area contributed by atoms with E-state index in [9.17, 15) is 24.3 Å². The maximum absolute atomic E-state index is 12.5. The van der Waals surface area contributed by atoms with Gasteiger partial charge < -0.3 is 25.1 Å². The molecule has 38 heavy (non-hydrogen) atoms. The number of carboxylic acids is 1. The fourth-order valence-electron chi connectivity index (χ4n) is 3.99. The zero-order valence-corrected chi connectivity index (χ0v) is 23.7. The van der Waals surface area contributed by atoms with Crippen LogP contribution in [-0.2, 0) is 23.9 Å². The van der Waals surface area contributed by atoms with Crippen molar-refractivity contribution in [1.29, 1.82) is 0 Å². The number of benzene rings is 1. The Morgan fingerprint density at radius 1 is 0.842 bits per heavy atom. The molecule has 0 aromatic heterocycles. The highest BCUT2D eigenvalue weighted by molar-refractivity contribution is 5.77. The Morgan fingerprint density at radius 2 is 1.37 bits per heavy atom. The Hall–Kier alpha value is -2.94. The molecule has 0 bridgehead atoms. The standard InChI is InChI=1S/C29H45NO8/c1-7-9-11-13-24(31)37-22-16-15-21(17-23(22)38-25(32)14-12-10-8-2)26(27(30)28(33)34)19(5)20(6)36-29(35)18(3)4/h15-20,26-27H,7-14,30H2,1-6H3,(H,33,34)/t19?,20?,26?,27-/m0/s1. The van der Waals surface area contributed by atoms with Crippen molar-refractivity contribution in [1.82, 2.24) is 0 Å². The zero-order chi connectivity index (χ0) is 28.8. The van der Waals surface area contributed by atoms with Crippen LogP contribution >= 0.6 is 0 Å². The molecule has 214 valence electrons. The summed E-state index contributed by atoms with van der Waals surface area (Å²) in [7, 11) is 0. The molecular formula is C29H45NO8. The topological polar surface area (TPSA) is 142 Å². The van der Waals surface area contributed by atoms with Crippen LogP contribution in [0.15, 0.2) is 18.2 Å². The molecule has 3 unspecified atom stereocenters. The Bertz CT molecular complexity index is 929. The minimum Gasteiger partial charge on any atom is -0.480 e. The smallest absolute Gasteiger partial charge is 0.321 e. The number of carbonyl (C=O) groups is 4. The van der Waals surface area contributed by atoms with Crippen LogP contribution in [0.25, 0.3) is 0 Å². The lowest BCUT2D eigenvalue weighted by molar-refractivity contribution is -0.155. The average Bonchev–Trinajstić information content (AvgIpc) is 2.85. The van der Waals surface area contributed by atoms with Crippen molar-refractivity contribution >= 4 is 23.9 Å². The van der Waals surface area contributed by atoms with Gasteiger partial charge in [0.25, 0.3) is 0 Å². The summed E-state index contributed by atoms with van der Waals surface area (Å²) < 4.78 is 16.6. The van der Waals surface area contributed by atoms with Crippen molar-refractivity contribution in [2.75, 3.05) is 0 Å². The number of nitrogens with two attached hydrogens (primary N) is 1. The molecule has 1 aromatic rings. The minimum atomic E-state index is -1.33. The summed E-state index contributed by atoms with van der Waals surface area (Å²) in [4.78, 5) is 49.0. The van der Waals surface area contributed by atoms with Crippen molar-refractivity contribution in [2.24, 2.45) is 17.6 Å². The predicted molar refractivity (Wildman–Crippen MR) is 144 cm³/mol. The molecule has 0 heterocycles. The second-order valence-electron chi connectivity index (χ2n) is 10.1. The molecular weight excluding hydrogens is 490 g/mol. The van der Waals surface area contributed by atoms with Gasteiger partial charge in [-0.2, -0.15) is 0 Å². The first-order valence-corrected chi connectivity index (χ1v) is 13.7. The van der Waals surface area contributed by atoms with Gasteiger partial charge in [-0.05, 0) is 37.5 Å². The van der Waals surface area contributed by atoms with E-state index >= 15 is 0 Å². The fourth-order valence-corrected chi connectivity index (χ4v) is 3.99. The Balaban J connectivity index is 3.38. The number of esters is 3. The average molecular weight is 536 g/mol. The molecule has 1 aromatic carbocycles. The van der Waals surface area contributed by atoms with Gasteiger partial charge in [-0.15, -0.1) is 0 Å². The van der Waals surface area contributed by atoms with E-state index in [1.54, 1.807) is 33.8 Å². The summed E-state index contributed by atoms with van der Waals surface area (Å²) in [5.74, 6) is -4.10. The van der Waals surface area contributed by atoms with Crippen LogP contribution in [0.5, 0.6) is 11.5 Å². The van der Waals surface area contributed by atoms with E-state index < -0.39 is 47.9 Å². The van der Waals surface area contributed by atoms with Crippen molar-refractivity contribution < 1.29 is 38.5 Å². The summed E-state index contributed by atoms with van der Waals surface area (Å²) in [6.45, 7) is 10.9. The molecule has 0 fully saturated rings. The van der Waals surface area contributed by atoms with Gasteiger partial charge in [0, 0.05) is 24.7 Å². The number of aliphatic carboxylic acids is 1. The maximum Gasteiger partial charge on any atom is 0.321 e. The molecule has 0 aliphatic carbocycles. The van der Waals surface area contributed by atoms with Crippen LogP contribution in [0.3, 0.4) is 0 Å². The van der Waals surface area contributed by atoms with Gasteiger partial charge in [-0.1, -0.05) is 66.4 Å². The van der Waals surface area contributed by atoms with Crippen LogP contribution in [0.1, 0.15) is 104 Å². The van der Waals surface area contributed by atoms with Gasteiger partial charge in [0.05, 0.1) is 5.92 Å². The molecule has 0 amide bonds. The summed E-state index contributed by atoms with van der Waals surface area (Å²) in [5.41, 5.74) is 6.57. The number of ether oxygens (including phenoxy) is 3. The monoisotopic (exact) mass is 535 g/mol. The summed E-state index contributed by atoms with van der Waals surface area (Å²) in [6.07, 6.45) is 4.76. The molecule has 0 aliphatic rings. The van der Waals surface area contributed by atoms with E-state index in [1.165, 1.54) is 12.1 Å². The van der Waals surface area contributed by atoms with Crippen LogP contribution in [-0.4, -0.2) is 41.1 Å². The molecule has 0 spiro atoms. The van der Waals surface area contributed by atoms with E-state index in [-0.39, 0.29) is 30.3 Å². The van der Waals surface area contributed by atoms with Gasteiger partial charge in [0.1, 0.15) is 12.1 Å². The van der Waals surface area contributed by atoms with Crippen LogP contribution < -0.4 is 15.2 Å². The predicted octanol–water partition coefficient (Wildman–Crippen LogP) is 5.38. The second-order valence-corrected chi connectivity index (χ2v) is 10.1. The summed E-state index contributed by atoms with van der Waals surface area (Å²) in [6, 6.07) is 3.25. The number of carbonyl (C=O) groups excluding carboxylic acids is 3.